The predicted molar refractivity (Wildman–Crippen MR) is 109 cm³/mol. The number of rotatable bonds is 4. The van der Waals surface area contributed by atoms with Crippen molar-refractivity contribution in [2.75, 3.05) is 12.4 Å². The molecule has 2 atom stereocenters. The minimum Gasteiger partial charge on any atom is -0.496 e. The molecule has 2 aromatic heterocycles. The molecule has 2 saturated heterocycles. The van der Waals surface area contributed by atoms with Crippen LogP contribution in [0.25, 0.3) is 22.0 Å². The number of pyridine rings is 1. The number of benzene rings is 1. The van der Waals surface area contributed by atoms with E-state index in [-0.39, 0.29) is 0 Å². The maximum Gasteiger partial charge on any atom is 0.158 e. The van der Waals surface area contributed by atoms with Crippen molar-refractivity contribution in [2.24, 2.45) is 0 Å². The monoisotopic (exact) mass is 376 g/mol. The molecule has 3 aromatic rings. The van der Waals surface area contributed by atoms with E-state index in [1.165, 1.54) is 12.8 Å². The Morgan fingerprint density at radius 1 is 1.07 bits per heavy atom. The number of aromatic nitrogens is 3. The van der Waals surface area contributed by atoms with E-state index < -0.39 is 0 Å². The Kier molecular flexibility index (Phi) is 4.36. The zero-order chi connectivity index (χ0) is 19.1. The van der Waals surface area contributed by atoms with E-state index in [0.29, 0.717) is 18.2 Å². The number of nitrogens with one attached hydrogen (secondary N) is 1. The van der Waals surface area contributed by atoms with Gasteiger partial charge < -0.3 is 14.8 Å². The SMILES string of the molecule is COc1cc(C)ccc1-c1nnc(NC2C[C@H]3CC[C@H](C2)O3)c2cnccc12. The second-order valence-electron chi connectivity index (χ2n) is 7.79. The third-order valence-electron chi connectivity index (χ3n) is 5.82. The molecular weight excluding hydrogens is 352 g/mol. The van der Waals surface area contributed by atoms with Crippen molar-refractivity contribution in [1.82, 2.24) is 15.2 Å². The average Bonchev–Trinajstić information content (AvgIpc) is 3.06. The van der Waals surface area contributed by atoms with E-state index in [0.717, 1.165) is 52.0 Å². The first-order valence-corrected chi connectivity index (χ1v) is 9.88. The van der Waals surface area contributed by atoms with Crippen LogP contribution in [0.5, 0.6) is 5.75 Å². The summed E-state index contributed by atoms with van der Waals surface area (Å²) in [5.41, 5.74) is 2.89. The van der Waals surface area contributed by atoms with Gasteiger partial charge in [0.2, 0.25) is 0 Å². The Bertz CT molecular complexity index is 1010. The standard InChI is InChI=1S/C22H24N4O2/c1-13-3-6-18(20(9-13)27-2)21-17-7-8-23-12-19(17)22(26-25-21)24-14-10-15-4-5-16(11-14)28-15/h3,6-9,12,14-16H,4-5,10-11H2,1-2H3,(H,24,26)/t15-,16-/m1/s1. The summed E-state index contributed by atoms with van der Waals surface area (Å²) >= 11 is 0. The third-order valence-corrected chi connectivity index (χ3v) is 5.82. The molecule has 2 bridgehead atoms. The summed E-state index contributed by atoms with van der Waals surface area (Å²) in [4.78, 5) is 4.34. The summed E-state index contributed by atoms with van der Waals surface area (Å²) in [6.45, 7) is 2.05. The molecule has 0 saturated carbocycles. The molecular formula is C22H24N4O2. The van der Waals surface area contributed by atoms with Crippen molar-refractivity contribution >= 4 is 16.6 Å². The molecule has 0 radical (unpaired) electrons. The first-order valence-electron chi connectivity index (χ1n) is 9.88. The fourth-order valence-electron chi connectivity index (χ4n) is 4.47. The molecule has 2 fully saturated rings. The van der Waals surface area contributed by atoms with Crippen molar-refractivity contribution in [3.05, 3.63) is 42.2 Å². The maximum absolute atomic E-state index is 5.96. The molecule has 0 amide bonds. The molecule has 5 rings (SSSR count). The van der Waals surface area contributed by atoms with Crippen LogP contribution < -0.4 is 10.1 Å². The number of methoxy groups -OCH3 is 1. The van der Waals surface area contributed by atoms with Crippen LogP contribution in [0.2, 0.25) is 0 Å². The number of anilines is 1. The van der Waals surface area contributed by atoms with Gasteiger partial charge in [-0.2, -0.15) is 0 Å². The number of ether oxygens (including phenoxy) is 2. The number of hydrogen-bond donors (Lipinski definition) is 1. The van der Waals surface area contributed by atoms with Gasteiger partial charge in [0.25, 0.3) is 0 Å². The van der Waals surface area contributed by atoms with Crippen molar-refractivity contribution in [3.8, 4) is 17.0 Å². The quantitative estimate of drug-likeness (QED) is 0.738. The Morgan fingerprint density at radius 3 is 2.68 bits per heavy atom. The van der Waals surface area contributed by atoms with Crippen molar-refractivity contribution in [1.29, 1.82) is 0 Å². The fourth-order valence-corrected chi connectivity index (χ4v) is 4.47. The van der Waals surface area contributed by atoms with Gasteiger partial charge in [-0.25, -0.2) is 0 Å². The van der Waals surface area contributed by atoms with Crippen LogP contribution in [-0.2, 0) is 4.74 Å². The predicted octanol–water partition coefficient (Wildman–Crippen LogP) is 4.13. The van der Waals surface area contributed by atoms with Crippen LogP contribution in [-0.4, -0.2) is 40.5 Å². The highest BCUT2D eigenvalue weighted by Crippen LogP contribution is 2.37. The molecule has 1 aromatic carbocycles. The first kappa shape index (κ1) is 17.4. The van der Waals surface area contributed by atoms with Gasteiger partial charge in [0.05, 0.1) is 19.3 Å². The van der Waals surface area contributed by atoms with E-state index >= 15 is 0 Å². The fraction of sp³-hybridized carbons (Fsp3) is 0.409. The molecule has 4 heterocycles. The average molecular weight is 376 g/mol. The molecule has 0 unspecified atom stereocenters. The topological polar surface area (TPSA) is 69.2 Å². The van der Waals surface area contributed by atoms with Gasteiger partial charge in [-0.3, -0.25) is 4.98 Å². The Labute approximate surface area is 164 Å². The van der Waals surface area contributed by atoms with Gasteiger partial charge in [-0.05, 0) is 56.4 Å². The van der Waals surface area contributed by atoms with Gasteiger partial charge in [0.15, 0.2) is 5.82 Å². The maximum atomic E-state index is 5.96. The highest BCUT2D eigenvalue weighted by atomic mass is 16.5. The van der Waals surface area contributed by atoms with E-state index in [4.69, 9.17) is 9.47 Å². The van der Waals surface area contributed by atoms with Crippen LogP contribution in [0.3, 0.4) is 0 Å². The molecule has 144 valence electrons. The van der Waals surface area contributed by atoms with Gasteiger partial charge in [0, 0.05) is 34.8 Å². The Morgan fingerprint density at radius 2 is 1.89 bits per heavy atom. The summed E-state index contributed by atoms with van der Waals surface area (Å²) in [5, 5.41) is 14.7. The second kappa shape index (κ2) is 7.02. The van der Waals surface area contributed by atoms with Crippen LogP contribution in [0.1, 0.15) is 31.2 Å². The smallest absolute Gasteiger partial charge is 0.158 e. The molecule has 6 nitrogen and oxygen atoms in total. The lowest BCUT2D eigenvalue weighted by atomic mass is 10.0. The normalized spacial score (nSPS) is 23.7. The highest BCUT2D eigenvalue weighted by Gasteiger charge is 2.35. The number of hydrogen-bond acceptors (Lipinski definition) is 6. The van der Waals surface area contributed by atoms with Crippen LogP contribution in [0.15, 0.2) is 36.7 Å². The van der Waals surface area contributed by atoms with Gasteiger partial charge in [-0.15, -0.1) is 10.2 Å². The molecule has 0 spiro atoms. The summed E-state index contributed by atoms with van der Waals surface area (Å²) < 4.78 is 11.6. The van der Waals surface area contributed by atoms with E-state index in [2.05, 4.69) is 26.6 Å². The second-order valence-corrected chi connectivity index (χ2v) is 7.79. The summed E-state index contributed by atoms with van der Waals surface area (Å²) in [7, 11) is 1.69. The van der Waals surface area contributed by atoms with E-state index in [1.807, 2.05) is 31.3 Å². The molecule has 6 heteroatoms. The Hall–Kier alpha value is -2.73. The minimum atomic E-state index is 0.365. The summed E-state index contributed by atoms with van der Waals surface area (Å²) in [6.07, 6.45) is 8.80. The molecule has 1 N–H and O–H groups in total. The van der Waals surface area contributed by atoms with Gasteiger partial charge >= 0.3 is 0 Å². The van der Waals surface area contributed by atoms with Gasteiger partial charge in [0.1, 0.15) is 11.4 Å². The van der Waals surface area contributed by atoms with Crippen LogP contribution in [0.4, 0.5) is 5.82 Å². The zero-order valence-electron chi connectivity index (χ0n) is 16.2. The minimum absolute atomic E-state index is 0.365. The Balaban J connectivity index is 1.54. The van der Waals surface area contributed by atoms with Crippen LogP contribution >= 0.6 is 0 Å². The lowest BCUT2D eigenvalue weighted by molar-refractivity contribution is 0.000663. The van der Waals surface area contributed by atoms with E-state index in [9.17, 15) is 0 Å². The summed E-state index contributed by atoms with van der Waals surface area (Å²) in [5.74, 6) is 1.60. The largest absolute Gasteiger partial charge is 0.496 e. The number of nitrogens with zero attached hydrogens (tertiary/aromatic N) is 3. The lowest BCUT2D eigenvalue weighted by Crippen LogP contribution is -2.34. The number of aryl methyl sites for hydroxylation is 1. The van der Waals surface area contributed by atoms with Crippen molar-refractivity contribution in [3.63, 3.8) is 0 Å². The highest BCUT2D eigenvalue weighted by molar-refractivity contribution is 6.00. The van der Waals surface area contributed by atoms with E-state index in [1.54, 1.807) is 13.3 Å². The number of fused-ring (bicyclic) bond motifs is 3. The van der Waals surface area contributed by atoms with Crippen molar-refractivity contribution < 1.29 is 9.47 Å². The van der Waals surface area contributed by atoms with Gasteiger partial charge in [-0.1, -0.05) is 6.07 Å². The first-order chi connectivity index (χ1) is 13.7. The lowest BCUT2D eigenvalue weighted by Gasteiger charge is -2.29. The van der Waals surface area contributed by atoms with Crippen LogP contribution in [0, 0.1) is 6.92 Å². The zero-order valence-corrected chi connectivity index (χ0v) is 16.2. The molecule has 28 heavy (non-hydrogen) atoms. The molecule has 0 aliphatic carbocycles. The summed E-state index contributed by atoms with van der Waals surface area (Å²) in [6, 6.07) is 8.49. The molecule has 2 aliphatic rings. The molecule has 2 aliphatic heterocycles. The third kappa shape index (κ3) is 3.07. The van der Waals surface area contributed by atoms with Crippen molar-refractivity contribution in [2.45, 2.75) is 50.9 Å².